The molecule has 2 amide bonds. The number of carboxylic acids is 1. The monoisotopic (exact) mass is 465 g/mol. The van der Waals surface area contributed by atoms with Gasteiger partial charge < -0.3 is 20.5 Å². The summed E-state index contributed by atoms with van der Waals surface area (Å²) < 4.78 is 20.0. The van der Waals surface area contributed by atoms with Crippen molar-refractivity contribution >= 4 is 23.5 Å². The first-order valence-electron chi connectivity index (χ1n) is 11.0. The number of carbonyl (C=O) groups is 3. The van der Waals surface area contributed by atoms with Crippen LogP contribution in [0, 0.1) is 23.1 Å². The quantitative estimate of drug-likeness (QED) is 0.576. The zero-order valence-corrected chi connectivity index (χ0v) is 18.6. The number of carboxylic acid groups (broad SMARTS) is 1. The van der Waals surface area contributed by atoms with Gasteiger partial charge in [0.05, 0.1) is 23.8 Å². The molecule has 2 aromatic rings. The topological polar surface area (TPSA) is 129 Å². The molecule has 0 radical (unpaired) electrons. The molecule has 1 saturated carbocycles. The van der Waals surface area contributed by atoms with E-state index in [1.807, 2.05) is 6.07 Å². The second-order valence-electron chi connectivity index (χ2n) is 8.64. The largest absolute Gasteiger partial charge is 0.493 e. The third-order valence-corrected chi connectivity index (χ3v) is 6.61. The maximum Gasteiger partial charge on any atom is 0.303 e. The lowest BCUT2D eigenvalue weighted by Gasteiger charge is -2.27. The normalized spacial score (nSPS) is 20.0. The average molecular weight is 465 g/mol. The van der Waals surface area contributed by atoms with Gasteiger partial charge >= 0.3 is 5.97 Å². The molecule has 1 fully saturated rings. The third kappa shape index (κ3) is 4.31. The van der Waals surface area contributed by atoms with Crippen LogP contribution in [0.15, 0.2) is 30.3 Å². The van der Waals surface area contributed by atoms with Crippen molar-refractivity contribution in [2.45, 2.75) is 37.5 Å². The Morgan fingerprint density at radius 3 is 2.79 bits per heavy atom. The molecule has 3 N–H and O–H groups in total. The van der Waals surface area contributed by atoms with E-state index in [-0.39, 0.29) is 17.9 Å². The summed E-state index contributed by atoms with van der Waals surface area (Å²) in [5.74, 6) is -2.44. The first kappa shape index (κ1) is 23.2. The molecule has 176 valence electrons. The highest BCUT2D eigenvalue weighted by Gasteiger charge is 2.61. The highest BCUT2D eigenvalue weighted by atomic mass is 19.1. The van der Waals surface area contributed by atoms with E-state index in [9.17, 15) is 24.0 Å². The number of hydrogen-bond acceptors (Lipinski definition) is 5. The van der Waals surface area contributed by atoms with E-state index in [1.54, 1.807) is 18.2 Å². The number of amides is 2. The summed E-state index contributed by atoms with van der Waals surface area (Å²) >= 11 is 0. The number of nitriles is 1. The standard InChI is InChI=1S/C25H24FN3O5/c1-28-23(32)16-10-17-21(11-19(16)26)34-8-7-25(17)12-18(25)24(33)29-20-9-14(13-27)5-6-15(20)3-2-4-22(30)31/h5-6,9-11,18H,2-4,7-8,12H2,1H3,(H,28,32)(H,29,33)(H,30,31). The van der Waals surface area contributed by atoms with Gasteiger partial charge in [-0.15, -0.1) is 0 Å². The molecule has 0 bridgehead atoms. The lowest BCUT2D eigenvalue weighted by Crippen LogP contribution is -2.28. The fourth-order valence-corrected chi connectivity index (χ4v) is 4.70. The molecule has 0 aromatic heterocycles. The molecule has 2 aliphatic rings. The van der Waals surface area contributed by atoms with Crippen molar-refractivity contribution in [1.82, 2.24) is 5.32 Å². The molecular formula is C25H24FN3O5. The van der Waals surface area contributed by atoms with Crippen molar-refractivity contribution in [2.24, 2.45) is 5.92 Å². The number of nitrogens with one attached hydrogen (secondary N) is 2. The van der Waals surface area contributed by atoms with Crippen molar-refractivity contribution < 1.29 is 28.6 Å². The molecule has 1 aliphatic carbocycles. The molecule has 34 heavy (non-hydrogen) atoms. The summed E-state index contributed by atoms with van der Waals surface area (Å²) in [7, 11) is 1.42. The van der Waals surface area contributed by atoms with Crippen molar-refractivity contribution in [1.29, 1.82) is 5.26 Å². The van der Waals surface area contributed by atoms with E-state index in [2.05, 4.69) is 10.6 Å². The Labute approximate surface area is 195 Å². The SMILES string of the molecule is CNC(=O)c1cc2c(cc1F)OCCC21CC1C(=O)Nc1cc(C#N)ccc1CCCC(=O)O. The molecule has 1 heterocycles. The van der Waals surface area contributed by atoms with Crippen LogP contribution in [-0.2, 0) is 21.4 Å². The van der Waals surface area contributed by atoms with Gasteiger partial charge in [-0.2, -0.15) is 5.26 Å². The van der Waals surface area contributed by atoms with Crippen LogP contribution >= 0.6 is 0 Å². The number of rotatable bonds is 7. The van der Waals surface area contributed by atoms with Gasteiger partial charge in [-0.25, -0.2) is 4.39 Å². The van der Waals surface area contributed by atoms with Crippen molar-refractivity contribution in [3.8, 4) is 11.8 Å². The minimum Gasteiger partial charge on any atom is -0.493 e. The van der Waals surface area contributed by atoms with Gasteiger partial charge in [0.15, 0.2) is 0 Å². The Bertz CT molecular complexity index is 1220. The summed E-state index contributed by atoms with van der Waals surface area (Å²) in [4.78, 5) is 36.2. The average Bonchev–Trinajstić information content (AvgIpc) is 3.53. The molecule has 4 rings (SSSR count). The molecule has 2 atom stereocenters. The molecule has 0 saturated heterocycles. The number of ether oxygens (including phenoxy) is 1. The molecule has 2 unspecified atom stereocenters. The lowest BCUT2D eigenvalue weighted by molar-refractivity contribution is -0.137. The first-order valence-corrected chi connectivity index (χ1v) is 11.0. The summed E-state index contributed by atoms with van der Waals surface area (Å²) in [5.41, 5.74) is 1.61. The number of halogens is 1. The van der Waals surface area contributed by atoms with Crippen LogP contribution in [0.2, 0.25) is 0 Å². The van der Waals surface area contributed by atoms with E-state index in [1.165, 1.54) is 19.2 Å². The highest BCUT2D eigenvalue weighted by molar-refractivity contribution is 5.98. The molecule has 1 aliphatic heterocycles. The van der Waals surface area contributed by atoms with Gasteiger partial charge in [-0.3, -0.25) is 14.4 Å². The number of fused-ring (bicyclic) bond motifs is 2. The van der Waals surface area contributed by atoms with Crippen molar-refractivity contribution in [3.63, 3.8) is 0 Å². The third-order valence-electron chi connectivity index (χ3n) is 6.61. The van der Waals surface area contributed by atoms with E-state index < -0.39 is 29.0 Å². The van der Waals surface area contributed by atoms with Crippen molar-refractivity contribution in [3.05, 3.63) is 58.4 Å². The van der Waals surface area contributed by atoms with Crippen LogP contribution in [0.5, 0.6) is 5.75 Å². The van der Waals surface area contributed by atoms with Gasteiger partial charge in [0.2, 0.25) is 5.91 Å². The number of benzene rings is 2. The number of anilines is 1. The fourth-order valence-electron chi connectivity index (χ4n) is 4.70. The Kier molecular flexibility index (Phi) is 6.24. The number of nitrogens with zero attached hydrogens (tertiary/aromatic N) is 1. The molecule has 8 nitrogen and oxygen atoms in total. The van der Waals surface area contributed by atoms with Crippen LogP contribution < -0.4 is 15.4 Å². The predicted octanol–water partition coefficient (Wildman–Crippen LogP) is 3.14. The van der Waals surface area contributed by atoms with Gasteiger partial charge in [-0.1, -0.05) is 6.07 Å². The Balaban J connectivity index is 1.58. The second-order valence-corrected chi connectivity index (χ2v) is 8.64. The second kappa shape index (κ2) is 9.14. The molecule has 1 spiro atoms. The summed E-state index contributed by atoms with van der Waals surface area (Å²) in [6, 6.07) is 9.66. The first-order chi connectivity index (χ1) is 16.3. The molecule has 9 heteroatoms. The number of hydrogen-bond donors (Lipinski definition) is 3. The zero-order chi connectivity index (χ0) is 24.5. The number of aryl methyl sites for hydroxylation is 1. The van der Waals surface area contributed by atoms with E-state index in [0.29, 0.717) is 54.9 Å². The minimum atomic E-state index is -0.898. The minimum absolute atomic E-state index is 0.000137. The maximum atomic E-state index is 14.4. The van der Waals surface area contributed by atoms with Crippen molar-refractivity contribution in [2.75, 3.05) is 19.0 Å². The predicted molar refractivity (Wildman–Crippen MR) is 120 cm³/mol. The highest BCUT2D eigenvalue weighted by Crippen LogP contribution is 2.61. The fraction of sp³-hybridized carbons (Fsp3) is 0.360. The van der Waals surface area contributed by atoms with E-state index >= 15 is 0 Å². The maximum absolute atomic E-state index is 14.4. The number of aliphatic carboxylic acids is 1. The summed E-state index contributed by atoms with van der Waals surface area (Å²) in [6.07, 6.45) is 1.92. The van der Waals surface area contributed by atoms with Crippen LogP contribution in [0.1, 0.15) is 52.7 Å². The van der Waals surface area contributed by atoms with Gasteiger partial charge in [-0.05, 0) is 49.4 Å². The summed E-state index contributed by atoms with van der Waals surface area (Å²) in [5, 5.41) is 23.5. The van der Waals surface area contributed by atoms with Crippen LogP contribution in [0.25, 0.3) is 0 Å². The lowest BCUT2D eigenvalue weighted by atomic mass is 9.86. The Morgan fingerprint density at radius 2 is 2.09 bits per heavy atom. The molecular weight excluding hydrogens is 441 g/mol. The van der Waals surface area contributed by atoms with Gasteiger partial charge in [0.25, 0.3) is 5.91 Å². The van der Waals surface area contributed by atoms with Crippen LogP contribution in [0.4, 0.5) is 10.1 Å². The van der Waals surface area contributed by atoms with Gasteiger partial charge in [0, 0.05) is 42.1 Å². The van der Waals surface area contributed by atoms with Gasteiger partial charge in [0.1, 0.15) is 11.6 Å². The summed E-state index contributed by atoms with van der Waals surface area (Å²) in [6.45, 7) is 0.333. The smallest absolute Gasteiger partial charge is 0.303 e. The van der Waals surface area contributed by atoms with E-state index in [0.717, 1.165) is 5.56 Å². The Morgan fingerprint density at radius 1 is 1.29 bits per heavy atom. The number of carbonyl (C=O) groups excluding carboxylic acids is 2. The van der Waals surface area contributed by atoms with Crippen LogP contribution in [-0.4, -0.2) is 36.5 Å². The zero-order valence-electron chi connectivity index (χ0n) is 18.6. The molecule has 2 aromatic carbocycles. The Hall–Kier alpha value is -3.93. The van der Waals surface area contributed by atoms with E-state index in [4.69, 9.17) is 9.84 Å². The van der Waals surface area contributed by atoms with Crippen LogP contribution in [0.3, 0.4) is 0 Å².